The average molecular weight is 541 g/mol. The SMILES string of the molecule is CCCCOC(=O)[C@H]1NP(=O)(CO[C@@H]2C=C(F)[C@H](n3cnc4c(N)ncnc43)O2)N1[C@@H](C)C(=O)OCC. The Morgan fingerprint density at radius 3 is 2.81 bits per heavy atom. The number of aromatic nitrogens is 4. The van der Waals surface area contributed by atoms with Gasteiger partial charge in [-0.15, -0.1) is 0 Å². The Hall–Kier alpha value is -2.97. The molecular weight excluding hydrogens is 512 g/mol. The summed E-state index contributed by atoms with van der Waals surface area (Å²) in [6, 6.07) is -1.04. The summed E-state index contributed by atoms with van der Waals surface area (Å²) in [6.07, 6.45) is 1.01. The number of halogens is 1. The number of unbranched alkanes of at least 4 members (excludes halogenated alkanes) is 1. The molecule has 2 aromatic rings. The lowest BCUT2D eigenvalue weighted by atomic mass is 10.3. The van der Waals surface area contributed by atoms with Gasteiger partial charge in [-0.2, -0.15) is 4.67 Å². The van der Waals surface area contributed by atoms with Gasteiger partial charge in [0, 0.05) is 6.08 Å². The number of fused-ring (bicyclic) bond motifs is 1. The summed E-state index contributed by atoms with van der Waals surface area (Å²) in [4.78, 5) is 36.9. The predicted octanol–water partition coefficient (Wildman–Crippen LogP) is 1.81. The van der Waals surface area contributed by atoms with Crippen LogP contribution < -0.4 is 10.8 Å². The van der Waals surface area contributed by atoms with Crippen LogP contribution in [-0.4, -0.2) is 74.2 Å². The molecule has 3 N–H and O–H groups in total. The first kappa shape index (κ1) is 27.1. The van der Waals surface area contributed by atoms with Crippen LogP contribution in [0.3, 0.4) is 0 Å². The molecule has 0 radical (unpaired) electrons. The molecule has 0 aliphatic carbocycles. The second kappa shape index (κ2) is 11.2. The molecule has 0 amide bonds. The minimum atomic E-state index is -3.61. The number of rotatable bonds is 11. The lowest BCUT2D eigenvalue weighted by molar-refractivity contribution is -0.156. The molecule has 202 valence electrons. The number of nitrogens with two attached hydrogens (primary N) is 1. The second-order valence-electron chi connectivity index (χ2n) is 8.35. The van der Waals surface area contributed by atoms with Crippen LogP contribution in [0.25, 0.3) is 11.2 Å². The fourth-order valence-corrected chi connectivity index (χ4v) is 6.23. The van der Waals surface area contributed by atoms with Gasteiger partial charge in [-0.3, -0.25) is 13.9 Å². The Labute approximate surface area is 211 Å². The number of nitrogen functional groups attached to an aromatic ring is 1. The number of nitrogens with one attached hydrogen (secondary N) is 1. The molecule has 2 aromatic heterocycles. The number of carbonyl (C=O) groups is 2. The van der Waals surface area contributed by atoms with Gasteiger partial charge in [0.25, 0.3) is 0 Å². The number of ether oxygens (including phenoxy) is 4. The van der Waals surface area contributed by atoms with Gasteiger partial charge in [0.05, 0.1) is 19.5 Å². The molecule has 0 aromatic carbocycles. The smallest absolute Gasteiger partial charge is 0.339 e. The summed E-state index contributed by atoms with van der Waals surface area (Å²) in [5.41, 5.74) is 6.32. The molecule has 0 spiro atoms. The molecule has 14 nitrogen and oxygen atoms in total. The second-order valence-corrected chi connectivity index (χ2v) is 10.7. The lowest BCUT2D eigenvalue weighted by Gasteiger charge is -2.48. The van der Waals surface area contributed by atoms with Crippen LogP contribution in [0.1, 0.15) is 39.8 Å². The van der Waals surface area contributed by atoms with Crippen molar-refractivity contribution in [1.82, 2.24) is 29.3 Å². The Bertz CT molecular complexity index is 1240. The fourth-order valence-electron chi connectivity index (χ4n) is 3.93. The minimum Gasteiger partial charge on any atom is -0.465 e. The summed E-state index contributed by atoms with van der Waals surface area (Å²) in [7, 11) is -3.61. The molecule has 37 heavy (non-hydrogen) atoms. The molecule has 1 unspecified atom stereocenters. The van der Waals surface area contributed by atoms with Gasteiger partial charge in [0.15, 0.2) is 36.0 Å². The van der Waals surface area contributed by atoms with Gasteiger partial charge in [0.2, 0.25) is 7.44 Å². The molecule has 2 aliphatic heterocycles. The first-order valence-corrected chi connectivity index (χ1v) is 13.6. The normalized spacial score (nSPS) is 26.5. The zero-order chi connectivity index (χ0) is 26.7. The van der Waals surface area contributed by atoms with Gasteiger partial charge < -0.3 is 24.7 Å². The standard InChI is InChI=1S/C21H29FN7O7P/c1-4-6-7-34-21(31)18-27-37(32,29(18)12(3)20(30)33-5-2)11-35-14-8-13(22)19(36-14)28-10-26-15-16(23)24-9-25-17(15)28/h8-10,12,14,18-19H,4-7,11H2,1-3H3,(H,27,32)(H2,23,24,25)/t12-,14-,18-,19+,37?/m0/s1. The molecule has 5 atom stereocenters. The van der Waals surface area contributed by atoms with Gasteiger partial charge >= 0.3 is 11.9 Å². The molecule has 1 saturated heterocycles. The molecular formula is C21H29FN7O7P. The number of anilines is 1. The highest BCUT2D eigenvalue weighted by molar-refractivity contribution is 7.60. The molecule has 0 saturated carbocycles. The number of nitrogens with zero attached hydrogens (tertiary/aromatic N) is 5. The molecule has 4 rings (SSSR count). The number of hydrogen-bond acceptors (Lipinski definition) is 11. The van der Waals surface area contributed by atoms with Crippen LogP contribution >= 0.6 is 7.44 Å². The van der Waals surface area contributed by atoms with Crippen LogP contribution in [0.2, 0.25) is 0 Å². The maximum absolute atomic E-state index is 14.8. The van der Waals surface area contributed by atoms with Crippen LogP contribution in [0.15, 0.2) is 24.6 Å². The van der Waals surface area contributed by atoms with E-state index in [0.717, 1.165) is 12.5 Å². The zero-order valence-corrected chi connectivity index (χ0v) is 21.5. The predicted molar refractivity (Wildman–Crippen MR) is 127 cm³/mol. The van der Waals surface area contributed by atoms with E-state index in [1.165, 1.54) is 28.8 Å². The van der Waals surface area contributed by atoms with Crippen molar-refractivity contribution >= 4 is 36.4 Å². The van der Waals surface area contributed by atoms with Gasteiger partial charge in [0.1, 0.15) is 24.2 Å². The Morgan fingerprint density at radius 2 is 2.08 bits per heavy atom. The maximum Gasteiger partial charge on any atom is 0.339 e. The lowest BCUT2D eigenvalue weighted by Crippen LogP contribution is -2.65. The van der Waals surface area contributed by atoms with Crippen LogP contribution in [0, 0.1) is 0 Å². The van der Waals surface area contributed by atoms with Crippen molar-refractivity contribution in [3.05, 3.63) is 24.6 Å². The van der Waals surface area contributed by atoms with E-state index in [9.17, 15) is 18.5 Å². The summed E-state index contributed by atoms with van der Waals surface area (Å²) in [5.74, 6) is -1.89. The Balaban J connectivity index is 1.44. The van der Waals surface area contributed by atoms with Crippen molar-refractivity contribution in [2.75, 3.05) is 25.3 Å². The minimum absolute atomic E-state index is 0.109. The summed E-state index contributed by atoms with van der Waals surface area (Å²) in [6.45, 7) is 5.35. The molecule has 16 heteroatoms. The Kier molecular flexibility index (Phi) is 8.19. The van der Waals surface area contributed by atoms with E-state index in [2.05, 4.69) is 20.0 Å². The zero-order valence-electron chi connectivity index (χ0n) is 20.6. The fraction of sp³-hybridized carbons (Fsp3) is 0.571. The molecule has 2 aliphatic rings. The van der Waals surface area contributed by atoms with Gasteiger partial charge in [-0.05, 0) is 20.3 Å². The van der Waals surface area contributed by atoms with E-state index in [4.69, 9.17) is 24.7 Å². The highest BCUT2D eigenvalue weighted by Crippen LogP contribution is 2.57. The topological polar surface area (TPSA) is 173 Å². The van der Waals surface area contributed by atoms with Crippen molar-refractivity contribution in [3.8, 4) is 0 Å². The number of carbonyl (C=O) groups excluding carboxylic acids is 2. The van der Waals surface area contributed by atoms with Crippen LogP contribution in [0.5, 0.6) is 0 Å². The summed E-state index contributed by atoms with van der Waals surface area (Å²) in [5, 5.41) is 2.67. The summed E-state index contributed by atoms with van der Waals surface area (Å²) >= 11 is 0. The third kappa shape index (κ3) is 5.36. The number of esters is 2. The largest absolute Gasteiger partial charge is 0.465 e. The van der Waals surface area contributed by atoms with Crippen LogP contribution in [-0.2, 0) is 33.1 Å². The first-order chi connectivity index (χ1) is 17.7. The first-order valence-electron chi connectivity index (χ1n) is 11.8. The number of imidazole rings is 1. The van der Waals surface area contributed by atoms with E-state index in [1.807, 2.05) is 6.92 Å². The highest BCUT2D eigenvalue weighted by Gasteiger charge is 2.56. The average Bonchev–Trinajstić information content (AvgIpc) is 3.45. The monoisotopic (exact) mass is 541 g/mol. The van der Waals surface area contributed by atoms with Crippen molar-refractivity contribution in [2.24, 2.45) is 0 Å². The van der Waals surface area contributed by atoms with Crippen molar-refractivity contribution < 1.29 is 37.5 Å². The van der Waals surface area contributed by atoms with Crippen molar-refractivity contribution in [1.29, 1.82) is 0 Å². The quantitative estimate of drug-likeness (QED) is 0.240. The maximum atomic E-state index is 14.8. The Morgan fingerprint density at radius 1 is 1.30 bits per heavy atom. The molecule has 0 bridgehead atoms. The van der Waals surface area contributed by atoms with Crippen molar-refractivity contribution in [2.45, 2.75) is 58.3 Å². The van der Waals surface area contributed by atoms with Gasteiger partial charge in [-0.1, -0.05) is 13.3 Å². The van der Waals surface area contributed by atoms with E-state index >= 15 is 0 Å². The van der Waals surface area contributed by atoms with Crippen LogP contribution in [0.4, 0.5) is 10.2 Å². The van der Waals surface area contributed by atoms with Crippen molar-refractivity contribution in [3.63, 3.8) is 0 Å². The highest BCUT2D eigenvalue weighted by atomic mass is 31.2. The summed E-state index contributed by atoms with van der Waals surface area (Å²) < 4.78 is 52.4. The third-order valence-electron chi connectivity index (χ3n) is 5.80. The van der Waals surface area contributed by atoms with E-state index in [1.54, 1.807) is 6.92 Å². The van der Waals surface area contributed by atoms with E-state index in [-0.39, 0.29) is 30.2 Å². The third-order valence-corrected chi connectivity index (χ3v) is 8.27. The molecule has 4 heterocycles. The van der Waals surface area contributed by atoms with Gasteiger partial charge in [-0.25, -0.2) is 29.2 Å². The number of hydrogen-bond donors (Lipinski definition) is 2. The van der Waals surface area contributed by atoms with E-state index in [0.29, 0.717) is 6.42 Å². The molecule has 1 fully saturated rings. The van der Waals surface area contributed by atoms with E-state index < -0.39 is 56.3 Å².